The van der Waals surface area contributed by atoms with Crippen molar-refractivity contribution in [1.82, 2.24) is 14.5 Å². The number of pyridine rings is 1. The molecule has 0 bridgehead atoms. The molecule has 0 radical (unpaired) electrons. The number of benzene rings is 5. The van der Waals surface area contributed by atoms with Gasteiger partial charge in [-0.2, -0.15) is 5.56 Å². The molecule has 5 aromatic carbocycles. The first-order chi connectivity index (χ1) is 24.6. The molecule has 0 aliphatic carbocycles. The first-order valence-electron chi connectivity index (χ1n) is 17.8. The summed E-state index contributed by atoms with van der Waals surface area (Å²) in [4.78, 5) is 12.7. The Morgan fingerprint density at radius 3 is 2.38 bits per heavy atom. The Kier molecular flexibility index (Phi) is 8.46. The van der Waals surface area contributed by atoms with Gasteiger partial charge in [-0.05, 0) is 51.9 Å². The summed E-state index contributed by atoms with van der Waals surface area (Å²) >= 11 is 0. The Bertz CT molecular complexity index is 2530. The summed E-state index contributed by atoms with van der Waals surface area (Å²) in [6.45, 7) is 13.9. The van der Waals surface area contributed by atoms with Gasteiger partial charge in [0, 0.05) is 40.8 Å². The van der Waals surface area contributed by atoms with Crippen LogP contribution in [0, 0.1) is 32.9 Å². The van der Waals surface area contributed by atoms with E-state index in [1.54, 1.807) is 0 Å². The van der Waals surface area contributed by atoms with Crippen molar-refractivity contribution in [2.24, 2.45) is 4.99 Å². The molecule has 2 aliphatic rings. The minimum atomic E-state index is -0.00436. The van der Waals surface area contributed by atoms with Crippen LogP contribution < -0.4 is 4.74 Å². The number of aliphatic imine (C=N–C) groups is 1. The predicted octanol–water partition coefficient (Wildman–Crippen LogP) is 10.9. The Morgan fingerprint density at radius 2 is 1.58 bits per heavy atom. The fourth-order valence-corrected chi connectivity index (χ4v) is 7.97. The molecule has 0 fully saturated rings. The molecule has 260 valence electrons. The molecule has 6 heteroatoms. The molecule has 0 spiro atoms. The molecule has 2 aliphatic heterocycles. The molecule has 7 aromatic rings. The van der Waals surface area contributed by atoms with Crippen LogP contribution in [0.5, 0.6) is 11.5 Å². The molecular formula is C46H40N4OPt. The zero-order valence-corrected chi connectivity index (χ0v) is 32.5. The first-order valence-corrected chi connectivity index (χ1v) is 17.8. The van der Waals surface area contributed by atoms with Crippen molar-refractivity contribution in [3.63, 3.8) is 0 Å². The Labute approximate surface area is 320 Å². The van der Waals surface area contributed by atoms with Crippen molar-refractivity contribution in [3.8, 4) is 17.2 Å². The molecule has 5 nitrogen and oxygen atoms in total. The largest absolute Gasteiger partial charge is 2.00 e. The molecule has 0 saturated heterocycles. The van der Waals surface area contributed by atoms with Gasteiger partial charge >= 0.3 is 21.1 Å². The molecule has 0 amide bonds. The van der Waals surface area contributed by atoms with E-state index in [0.717, 1.165) is 56.9 Å². The van der Waals surface area contributed by atoms with Crippen LogP contribution in [0.15, 0.2) is 114 Å². The van der Waals surface area contributed by atoms with Gasteiger partial charge in [0.15, 0.2) is 0 Å². The number of hydrogen-bond acceptors (Lipinski definition) is 4. The van der Waals surface area contributed by atoms with Crippen LogP contribution in [0.25, 0.3) is 27.6 Å². The summed E-state index contributed by atoms with van der Waals surface area (Å²) in [5.41, 5.74) is 12.3. The van der Waals surface area contributed by atoms with E-state index in [4.69, 9.17) is 14.7 Å². The molecular weight excluding hydrogens is 820 g/mol. The zero-order valence-electron chi connectivity index (χ0n) is 30.3. The average molecular weight is 860 g/mol. The van der Waals surface area contributed by atoms with E-state index in [1.165, 1.54) is 27.6 Å². The molecule has 2 atom stereocenters. The number of nitrogens with zero attached hydrogens (tertiary/aromatic N) is 4. The van der Waals surface area contributed by atoms with Gasteiger partial charge in [-0.3, -0.25) is 0 Å². The summed E-state index contributed by atoms with van der Waals surface area (Å²) in [7, 11) is 0. The third-order valence-electron chi connectivity index (χ3n) is 10.5. The summed E-state index contributed by atoms with van der Waals surface area (Å²) in [5, 5.41) is 2.31. The fraction of sp³-hybridized carbons (Fsp3) is 0.217. The van der Waals surface area contributed by atoms with Crippen LogP contribution in [0.1, 0.15) is 77.4 Å². The Hall–Kier alpha value is -4.99. The Balaban J connectivity index is 0.00000387. The number of fused-ring (bicyclic) bond motifs is 6. The molecule has 0 unspecified atom stereocenters. The van der Waals surface area contributed by atoms with Crippen LogP contribution >= 0.6 is 0 Å². The van der Waals surface area contributed by atoms with Gasteiger partial charge in [-0.25, -0.2) is 4.98 Å². The van der Waals surface area contributed by atoms with Crippen LogP contribution in [0.3, 0.4) is 0 Å². The van der Waals surface area contributed by atoms with Gasteiger partial charge < -0.3 is 19.2 Å². The van der Waals surface area contributed by atoms with E-state index in [1.807, 2.05) is 18.3 Å². The molecule has 0 saturated carbocycles. The van der Waals surface area contributed by atoms with Gasteiger partial charge in [0.1, 0.15) is 5.65 Å². The van der Waals surface area contributed by atoms with Gasteiger partial charge in [-0.15, -0.1) is 35.4 Å². The van der Waals surface area contributed by atoms with E-state index in [2.05, 4.69) is 154 Å². The second-order valence-electron chi connectivity index (χ2n) is 15.1. The smallest absolute Gasteiger partial charge is 0.503 e. The fourth-order valence-electron chi connectivity index (χ4n) is 7.97. The molecule has 4 heterocycles. The van der Waals surface area contributed by atoms with Crippen molar-refractivity contribution in [2.45, 2.75) is 65.6 Å². The minimum Gasteiger partial charge on any atom is -0.503 e. The van der Waals surface area contributed by atoms with Crippen LogP contribution in [0.4, 0.5) is 0 Å². The minimum absolute atomic E-state index is 0. The number of aryl methyl sites for hydroxylation is 3. The van der Waals surface area contributed by atoms with Crippen molar-refractivity contribution in [2.75, 3.05) is 0 Å². The van der Waals surface area contributed by atoms with E-state index < -0.39 is 0 Å². The van der Waals surface area contributed by atoms with Gasteiger partial charge in [0.25, 0.3) is 0 Å². The van der Waals surface area contributed by atoms with E-state index in [0.29, 0.717) is 11.5 Å². The molecule has 52 heavy (non-hydrogen) atoms. The maximum absolute atomic E-state index is 6.74. The van der Waals surface area contributed by atoms with Crippen molar-refractivity contribution in [3.05, 3.63) is 166 Å². The third-order valence-corrected chi connectivity index (χ3v) is 10.5. The topological polar surface area (TPSA) is 42.6 Å². The standard InChI is InChI=1S/C46H40N4O.Pt/c1-28-21-34(50-40-19-18-33(46(4,5)6)24-39(40)37-17-12-20-47-44(37)50)25-35(22-28)51-41-26-38(29(2)23-30(41)3)45-48-42(31-13-8-7-9-14-31)43-36-16-11-10-15-32(36)27-49(43)45;/h7-24,42-43H,27H2,1-6H3;/q-2;+2/t42-,43+;/m1./s1. The van der Waals surface area contributed by atoms with E-state index >= 15 is 0 Å². The SMILES string of the molecule is Cc1cc(Oc2[c-]c(C3=N[C@H](c4ccccc4)[C@@H]4c5ccccc5CN34)c(C)cc2C)[c-]c(-n2c3ccc(C(C)(C)C)cc3c3cccnc32)c1.[Pt+2]. The second kappa shape index (κ2) is 12.9. The molecule has 0 N–H and O–H groups in total. The first kappa shape index (κ1) is 34.1. The number of rotatable bonds is 5. The van der Waals surface area contributed by atoms with Gasteiger partial charge in [-0.1, -0.05) is 120 Å². The maximum atomic E-state index is 6.74. The van der Waals surface area contributed by atoms with Crippen molar-refractivity contribution >= 4 is 27.8 Å². The van der Waals surface area contributed by atoms with E-state index in [-0.39, 0.29) is 38.6 Å². The number of hydrogen-bond donors (Lipinski definition) is 0. The third kappa shape index (κ3) is 5.67. The number of ether oxygens (including phenoxy) is 1. The van der Waals surface area contributed by atoms with Gasteiger partial charge in [0.2, 0.25) is 0 Å². The monoisotopic (exact) mass is 859 g/mol. The number of amidine groups is 1. The Morgan fingerprint density at radius 1 is 0.788 bits per heavy atom. The van der Waals surface area contributed by atoms with Crippen molar-refractivity contribution < 1.29 is 25.8 Å². The number of aromatic nitrogens is 2. The summed E-state index contributed by atoms with van der Waals surface area (Å²) in [6.07, 6.45) is 1.86. The molecule has 9 rings (SSSR count). The zero-order chi connectivity index (χ0) is 35.0. The normalized spacial score (nSPS) is 16.5. The average Bonchev–Trinajstić information content (AvgIpc) is 3.78. The quantitative estimate of drug-likeness (QED) is 0.162. The van der Waals surface area contributed by atoms with Crippen LogP contribution in [-0.2, 0) is 33.0 Å². The van der Waals surface area contributed by atoms with Crippen LogP contribution in [0.2, 0.25) is 0 Å². The van der Waals surface area contributed by atoms with Crippen molar-refractivity contribution in [1.29, 1.82) is 0 Å². The second-order valence-corrected chi connectivity index (χ2v) is 15.1. The summed E-state index contributed by atoms with van der Waals surface area (Å²) in [5.74, 6) is 2.28. The van der Waals surface area contributed by atoms with Crippen LogP contribution in [-0.4, -0.2) is 20.3 Å². The predicted molar refractivity (Wildman–Crippen MR) is 206 cm³/mol. The summed E-state index contributed by atoms with van der Waals surface area (Å²) < 4.78 is 8.94. The van der Waals surface area contributed by atoms with E-state index in [9.17, 15) is 0 Å². The van der Waals surface area contributed by atoms with Gasteiger partial charge in [0.05, 0.1) is 17.6 Å². The molecule has 2 aromatic heterocycles. The maximum Gasteiger partial charge on any atom is 2.00 e. The summed E-state index contributed by atoms with van der Waals surface area (Å²) in [6, 6.07) is 44.2.